The minimum absolute atomic E-state index is 0.329. The second-order valence-electron chi connectivity index (χ2n) is 4.08. The molecule has 0 atom stereocenters. The number of carbonyl (C=O) groups is 1. The fraction of sp³-hybridized carbons (Fsp3) is 0.167. The minimum atomic E-state index is -4.00. The molecule has 21 heavy (non-hydrogen) atoms. The molecule has 1 heterocycles. The molecular formula is C12H12N2O5S2. The van der Waals surface area contributed by atoms with Crippen LogP contribution in [0.15, 0.2) is 27.9 Å². The predicted molar refractivity (Wildman–Crippen MR) is 77.6 cm³/mol. The summed E-state index contributed by atoms with van der Waals surface area (Å²) in [5.41, 5.74) is 1.69. The molecule has 0 unspecified atom stereocenters. The van der Waals surface area contributed by atoms with Crippen LogP contribution in [0.25, 0.3) is 0 Å². The average molecular weight is 328 g/mol. The van der Waals surface area contributed by atoms with Gasteiger partial charge in [0, 0.05) is 0 Å². The van der Waals surface area contributed by atoms with Crippen molar-refractivity contribution in [1.82, 2.24) is 4.98 Å². The Labute approximate surface area is 125 Å². The van der Waals surface area contributed by atoms with Crippen molar-refractivity contribution in [2.45, 2.75) is 11.1 Å². The van der Waals surface area contributed by atoms with Gasteiger partial charge in [-0.2, -0.15) is 0 Å². The van der Waals surface area contributed by atoms with E-state index in [0.717, 1.165) is 11.3 Å². The zero-order valence-corrected chi connectivity index (χ0v) is 12.8. The standard InChI is InChI=1S/C12H12N2O5S2/c1-7-5-8(19-2)3-4-9(7)14-21(17,18)12-10(11(15)16)13-6-20-12/h3-6,14H,1-2H3,(H,15,16). The van der Waals surface area contributed by atoms with Gasteiger partial charge in [-0.1, -0.05) is 0 Å². The monoisotopic (exact) mass is 328 g/mol. The molecule has 2 aromatic rings. The summed E-state index contributed by atoms with van der Waals surface area (Å²) in [4.78, 5) is 14.5. The zero-order chi connectivity index (χ0) is 15.6. The summed E-state index contributed by atoms with van der Waals surface area (Å²) >= 11 is 0.750. The topological polar surface area (TPSA) is 106 Å². The first-order valence-electron chi connectivity index (χ1n) is 5.69. The van der Waals surface area contributed by atoms with Crippen molar-refractivity contribution in [3.05, 3.63) is 35.0 Å². The summed E-state index contributed by atoms with van der Waals surface area (Å²) in [5, 5.41) is 8.94. The highest BCUT2D eigenvalue weighted by Crippen LogP contribution is 2.26. The number of hydrogen-bond acceptors (Lipinski definition) is 6. The van der Waals surface area contributed by atoms with Crippen LogP contribution in [0.3, 0.4) is 0 Å². The molecule has 0 saturated carbocycles. The van der Waals surface area contributed by atoms with Gasteiger partial charge < -0.3 is 9.84 Å². The van der Waals surface area contributed by atoms with Gasteiger partial charge >= 0.3 is 5.97 Å². The molecule has 0 saturated heterocycles. The molecule has 0 aliphatic heterocycles. The van der Waals surface area contributed by atoms with Gasteiger partial charge in [0.1, 0.15) is 5.75 Å². The molecule has 0 radical (unpaired) electrons. The van der Waals surface area contributed by atoms with Crippen LogP contribution in [0.4, 0.5) is 5.69 Å². The summed E-state index contributed by atoms with van der Waals surface area (Å²) < 4.78 is 31.6. The molecule has 0 bridgehead atoms. The third-order valence-electron chi connectivity index (χ3n) is 2.66. The maximum absolute atomic E-state index is 12.3. The highest BCUT2D eigenvalue weighted by atomic mass is 32.2. The van der Waals surface area contributed by atoms with Gasteiger partial charge in [-0.05, 0) is 30.7 Å². The molecule has 0 amide bonds. The first-order valence-corrected chi connectivity index (χ1v) is 8.05. The van der Waals surface area contributed by atoms with Gasteiger partial charge in [-0.15, -0.1) is 11.3 Å². The Morgan fingerprint density at radius 2 is 2.14 bits per heavy atom. The van der Waals surface area contributed by atoms with E-state index in [1.54, 1.807) is 25.1 Å². The highest BCUT2D eigenvalue weighted by molar-refractivity contribution is 7.94. The smallest absolute Gasteiger partial charge is 0.356 e. The van der Waals surface area contributed by atoms with E-state index < -0.39 is 21.7 Å². The molecule has 1 aromatic carbocycles. The molecule has 0 aliphatic carbocycles. The number of rotatable bonds is 5. The third kappa shape index (κ3) is 3.14. The molecule has 0 spiro atoms. The molecule has 2 rings (SSSR count). The number of aryl methyl sites for hydroxylation is 1. The van der Waals surface area contributed by atoms with Crippen molar-refractivity contribution in [2.75, 3.05) is 11.8 Å². The maximum atomic E-state index is 12.3. The number of thiazole rings is 1. The summed E-state index contributed by atoms with van der Waals surface area (Å²) in [6.07, 6.45) is 0. The number of ether oxygens (including phenoxy) is 1. The second-order valence-corrected chi connectivity index (χ2v) is 6.81. The van der Waals surface area contributed by atoms with E-state index in [2.05, 4.69) is 9.71 Å². The van der Waals surface area contributed by atoms with Crippen LogP contribution in [0.2, 0.25) is 0 Å². The second kappa shape index (κ2) is 5.70. The number of benzene rings is 1. The lowest BCUT2D eigenvalue weighted by Gasteiger charge is -2.10. The fourth-order valence-corrected chi connectivity index (χ4v) is 3.91. The van der Waals surface area contributed by atoms with E-state index in [-0.39, 0.29) is 4.21 Å². The normalized spacial score (nSPS) is 11.1. The van der Waals surface area contributed by atoms with E-state index in [0.29, 0.717) is 17.0 Å². The van der Waals surface area contributed by atoms with Crippen molar-refractivity contribution in [3.8, 4) is 5.75 Å². The van der Waals surface area contributed by atoms with Gasteiger partial charge in [-0.3, -0.25) is 4.72 Å². The molecule has 7 nitrogen and oxygen atoms in total. The molecule has 1 aromatic heterocycles. The van der Waals surface area contributed by atoms with Crippen LogP contribution >= 0.6 is 11.3 Å². The molecule has 0 aliphatic rings. The summed E-state index contributed by atoms with van der Waals surface area (Å²) in [7, 11) is -2.49. The number of aromatic carboxylic acids is 1. The van der Waals surface area contributed by atoms with Gasteiger partial charge in [0.25, 0.3) is 10.0 Å². The first-order chi connectivity index (χ1) is 9.85. The zero-order valence-electron chi connectivity index (χ0n) is 11.2. The Morgan fingerprint density at radius 3 is 2.71 bits per heavy atom. The van der Waals surface area contributed by atoms with Gasteiger partial charge in [-0.25, -0.2) is 18.2 Å². The van der Waals surface area contributed by atoms with Crippen LogP contribution < -0.4 is 9.46 Å². The highest BCUT2D eigenvalue weighted by Gasteiger charge is 2.26. The van der Waals surface area contributed by atoms with Crippen molar-refractivity contribution in [3.63, 3.8) is 0 Å². The fourth-order valence-electron chi connectivity index (χ4n) is 1.64. The Bertz CT molecular complexity index is 783. The number of carboxylic acid groups (broad SMARTS) is 1. The van der Waals surface area contributed by atoms with E-state index in [9.17, 15) is 13.2 Å². The molecular weight excluding hydrogens is 316 g/mol. The summed E-state index contributed by atoms with van der Waals surface area (Å²) in [6, 6.07) is 4.82. The Kier molecular flexibility index (Phi) is 4.14. The van der Waals surface area contributed by atoms with E-state index in [1.165, 1.54) is 12.6 Å². The minimum Gasteiger partial charge on any atom is -0.497 e. The van der Waals surface area contributed by atoms with Crippen LogP contribution in [0.5, 0.6) is 5.75 Å². The Morgan fingerprint density at radius 1 is 1.43 bits per heavy atom. The van der Waals surface area contributed by atoms with Crippen molar-refractivity contribution < 1.29 is 23.1 Å². The number of nitrogens with zero attached hydrogens (tertiary/aromatic N) is 1. The van der Waals surface area contributed by atoms with E-state index >= 15 is 0 Å². The van der Waals surface area contributed by atoms with Gasteiger partial charge in [0.05, 0.1) is 18.3 Å². The lowest BCUT2D eigenvalue weighted by molar-refractivity contribution is 0.0687. The SMILES string of the molecule is COc1ccc(NS(=O)(=O)c2scnc2C(=O)O)c(C)c1. The van der Waals surface area contributed by atoms with Crippen LogP contribution in [0, 0.1) is 6.92 Å². The number of hydrogen-bond donors (Lipinski definition) is 2. The quantitative estimate of drug-likeness (QED) is 0.869. The third-order valence-corrected chi connectivity index (χ3v) is 5.39. The molecule has 2 N–H and O–H groups in total. The number of sulfonamides is 1. The number of carboxylic acids is 1. The summed E-state index contributed by atoms with van der Waals surface area (Å²) in [6.45, 7) is 1.71. The van der Waals surface area contributed by atoms with E-state index in [4.69, 9.17) is 9.84 Å². The number of nitrogens with one attached hydrogen (secondary N) is 1. The maximum Gasteiger partial charge on any atom is 0.356 e. The number of anilines is 1. The summed E-state index contributed by atoms with van der Waals surface area (Å²) in [5.74, 6) is -0.789. The predicted octanol–water partition coefficient (Wildman–Crippen LogP) is 1.96. The Balaban J connectivity index is 2.38. The van der Waals surface area contributed by atoms with Gasteiger partial charge in [0.15, 0.2) is 9.90 Å². The number of methoxy groups -OCH3 is 1. The van der Waals surface area contributed by atoms with Gasteiger partial charge in [0.2, 0.25) is 0 Å². The molecule has 9 heteroatoms. The van der Waals surface area contributed by atoms with Crippen molar-refractivity contribution >= 4 is 33.0 Å². The molecule has 112 valence electrons. The van der Waals surface area contributed by atoms with Crippen molar-refractivity contribution in [1.29, 1.82) is 0 Å². The lowest BCUT2D eigenvalue weighted by Crippen LogP contribution is -2.16. The van der Waals surface area contributed by atoms with Crippen LogP contribution in [-0.2, 0) is 10.0 Å². The number of aromatic nitrogens is 1. The first kappa shape index (κ1) is 15.3. The average Bonchev–Trinajstić information content (AvgIpc) is 2.91. The van der Waals surface area contributed by atoms with Crippen LogP contribution in [0.1, 0.15) is 16.1 Å². The largest absolute Gasteiger partial charge is 0.497 e. The molecule has 0 fully saturated rings. The van der Waals surface area contributed by atoms with E-state index in [1.807, 2.05) is 0 Å². The van der Waals surface area contributed by atoms with Crippen molar-refractivity contribution in [2.24, 2.45) is 0 Å². The lowest BCUT2D eigenvalue weighted by atomic mass is 10.2. The van der Waals surface area contributed by atoms with Crippen LogP contribution in [-0.4, -0.2) is 31.6 Å². The Hall–Kier alpha value is -2.13.